The fourth-order valence-electron chi connectivity index (χ4n) is 2.42. The first-order chi connectivity index (χ1) is 10.5. The summed E-state index contributed by atoms with van der Waals surface area (Å²) in [6.45, 7) is 0. The maximum absolute atomic E-state index is 12.7. The van der Waals surface area contributed by atoms with Crippen molar-refractivity contribution in [1.29, 1.82) is 0 Å². The highest BCUT2D eigenvalue weighted by Crippen LogP contribution is 2.34. The van der Waals surface area contributed by atoms with Gasteiger partial charge in [-0.2, -0.15) is 0 Å². The molecule has 0 bridgehead atoms. The number of phenols is 1. The maximum atomic E-state index is 12.7. The SMILES string of the molecule is CN(c1ccc(O)c2ccccc12)S(=O)(=O)c1ccccc1. The number of anilines is 1. The van der Waals surface area contributed by atoms with E-state index in [1.807, 2.05) is 6.07 Å². The van der Waals surface area contributed by atoms with Gasteiger partial charge in [0.1, 0.15) is 5.75 Å². The van der Waals surface area contributed by atoms with Gasteiger partial charge in [-0.25, -0.2) is 8.42 Å². The average Bonchev–Trinajstić information content (AvgIpc) is 2.56. The van der Waals surface area contributed by atoms with E-state index >= 15 is 0 Å². The summed E-state index contributed by atoms with van der Waals surface area (Å²) in [7, 11) is -2.13. The van der Waals surface area contributed by atoms with Gasteiger partial charge >= 0.3 is 0 Å². The molecule has 0 saturated carbocycles. The normalized spacial score (nSPS) is 11.5. The van der Waals surface area contributed by atoms with Crippen molar-refractivity contribution in [2.45, 2.75) is 4.90 Å². The Morgan fingerprint density at radius 3 is 2.09 bits per heavy atom. The van der Waals surface area contributed by atoms with Crippen LogP contribution in [0.1, 0.15) is 0 Å². The first-order valence-corrected chi connectivity index (χ1v) is 8.20. The third-order valence-corrected chi connectivity index (χ3v) is 5.40. The van der Waals surface area contributed by atoms with Crippen molar-refractivity contribution >= 4 is 26.5 Å². The Labute approximate surface area is 129 Å². The van der Waals surface area contributed by atoms with Gasteiger partial charge < -0.3 is 5.11 Å². The number of rotatable bonds is 3. The quantitative estimate of drug-likeness (QED) is 0.806. The van der Waals surface area contributed by atoms with Crippen molar-refractivity contribution in [2.75, 3.05) is 11.4 Å². The van der Waals surface area contributed by atoms with Crippen LogP contribution in [0.15, 0.2) is 71.6 Å². The van der Waals surface area contributed by atoms with Crippen molar-refractivity contribution in [1.82, 2.24) is 0 Å². The van der Waals surface area contributed by atoms with Crippen LogP contribution in [-0.4, -0.2) is 20.6 Å². The Bertz CT molecular complexity index is 921. The zero-order chi connectivity index (χ0) is 15.7. The zero-order valence-electron chi connectivity index (χ0n) is 12.0. The van der Waals surface area contributed by atoms with Crippen LogP contribution in [0.4, 0.5) is 5.69 Å². The largest absolute Gasteiger partial charge is 0.507 e. The Balaban J connectivity index is 2.18. The summed E-state index contributed by atoms with van der Waals surface area (Å²) < 4.78 is 26.7. The molecular weight excluding hydrogens is 298 g/mol. The van der Waals surface area contributed by atoms with E-state index in [1.54, 1.807) is 54.6 Å². The smallest absolute Gasteiger partial charge is 0.264 e. The molecule has 0 unspecified atom stereocenters. The molecule has 0 amide bonds. The van der Waals surface area contributed by atoms with Crippen LogP contribution >= 0.6 is 0 Å². The highest BCUT2D eigenvalue weighted by Gasteiger charge is 2.22. The summed E-state index contributed by atoms with van der Waals surface area (Å²) in [5.74, 6) is 0.129. The molecule has 0 fully saturated rings. The molecule has 0 aliphatic rings. The van der Waals surface area contributed by atoms with Gasteiger partial charge in [0, 0.05) is 17.8 Å². The molecule has 0 atom stereocenters. The lowest BCUT2D eigenvalue weighted by molar-refractivity contribution is 0.481. The van der Waals surface area contributed by atoms with Crippen LogP contribution in [-0.2, 0) is 10.0 Å². The van der Waals surface area contributed by atoms with E-state index in [-0.39, 0.29) is 10.6 Å². The Morgan fingerprint density at radius 1 is 0.818 bits per heavy atom. The van der Waals surface area contributed by atoms with Crippen molar-refractivity contribution < 1.29 is 13.5 Å². The van der Waals surface area contributed by atoms with E-state index in [0.29, 0.717) is 16.5 Å². The lowest BCUT2D eigenvalue weighted by Crippen LogP contribution is -2.26. The van der Waals surface area contributed by atoms with Crippen LogP contribution in [0.25, 0.3) is 10.8 Å². The summed E-state index contributed by atoms with van der Waals surface area (Å²) in [5.41, 5.74) is 0.525. The summed E-state index contributed by atoms with van der Waals surface area (Å²) >= 11 is 0. The number of hydrogen-bond donors (Lipinski definition) is 1. The zero-order valence-corrected chi connectivity index (χ0v) is 12.8. The van der Waals surface area contributed by atoms with Gasteiger partial charge in [-0.15, -0.1) is 0 Å². The van der Waals surface area contributed by atoms with E-state index in [0.717, 1.165) is 0 Å². The lowest BCUT2D eigenvalue weighted by atomic mass is 10.1. The van der Waals surface area contributed by atoms with Crippen LogP contribution in [0, 0.1) is 0 Å². The van der Waals surface area contributed by atoms with E-state index in [9.17, 15) is 13.5 Å². The fraction of sp³-hybridized carbons (Fsp3) is 0.0588. The van der Waals surface area contributed by atoms with Crippen LogP contribution in [0.3, 0.4) is 0 Å². The van der Waals surface area contributed by atoms with Gasteiger partial charge in [0.15, 0.2) is 0 Å². The van der Waals surface area contributed by atoms with Gasteiger partial charge in [-0.1, -0.05) is 42.5 Å². The highest BCUT2D eigenvalue weighted by atomic mass is 32.2. The summed E-state index contributed by atoms with van der Waals surface area (Å²) in [5, 5.41) is 11.2. The Kier molecular flexibility index (Phi) is 3.50. The van der Waals surface area contributed by atoms with Crippen molar-refractivity contribution in [3.8, 4) is 5.75 Å². The number of aromatic hydroxyl groups is 1. The van der Waals surface area contributed by atoms with Gasteiger partial charge in [0.25, 0.3) is 10.0 Å². The molecule has 0 aliphatic carbocycles. The highest BCUT2D eigenvalue weighted by molar-refractivity contribution is 7.92. The van der Waals surface area contributed by atoms with Gasteiger partial charge in [-0.3, -0.25) is 4.31 Å². The minimum Gasteiger partial charge on any atom is -0.507 e. The average molecular weight is 313 g/mol. The molecular formula is C17H15NO3S. The summed E-state index contributed by atoms with van der Waals surface area (Å²) in [6.07, 6.45) is 0. The van der Waals surface area contributed by atoms with Crippen molar-refractivity contribution in [3.05, 3.63) is 66.7 Å². The molecule has 3 aromatic carbocycles. The number of sulfonamides is 1. The molecule has 5 heteroatoms. The Morgan fingerprint density at radius 2 is 1.41 bits per heavy atom. The molecule has 0 aromatic heterocycles. The minimum absolute atomic E-state index is 0.129. The molecule has 112 valence electrons. The predicted molar refractivity (Wildman–Crippen MR) is 87.6 cm³/mol. The number of fused-ring (bicyclic) bond motifs is 1. The first-order valence-electron chi connectivity index (χ1n) is 6.76. The molecule has 0 heterocycles. The standard InChI is InChI=1S/C17H15NO3S/c1-18(22(20,21)13-7-3-2-4-8-13)16-11-12-17(19)15-10-6-5-9-14(15)16/h2-12,19H,1H3. The maximum Gasteiger partial charge on any atom is 0.264 e. The van der Waals surface area contributed by atoms with Crippen molar-refractivity contribution in [3.63, 3.8) is 0 Å². The van der Waals surface area contributed by atoms with Crippen LogP contribution in [0.5, 0.6) is 5.75 Å². The molecule has 0 saturated heterocycles. The van der Waals surface area contributed by atoms with E-state index in [2.05, 4.69) is 0 Å². The summed E-state index contributed by atoms with van der Waals surface area (Å²) in [6, 6.07) is 18.6. The van der Waals surface area contributed by atoms with Crippen LogP contribution < -0.4 is 4.31 Å². The molecule has 0 aliphatic heterocycles. The topological polar surface area (TPSA) is 57.6 Å². The number of phenolic OH excluding ortho intramolecular Hbond substituents is 1. The molecule has 3 aromatic rings. The van der Waals surface area contributed by atoms with E-state index in [1.165, 1.54) is 17.4 Å². The predicted octanol–water partition coefficient (Wildman–Crippen LogP) is 3.37. The molecule has 22 heavy (non-hydrogen) atoms. The molecule has 3 rings (SSSR count). The second-order valence-corrected chi connectivity index (χ2v) is 6.90. The van der Waals surface area contributed by atoms with Gasteiger partial charge in [0.2, 0.25) is 0 Å². The second kappa shape index (κ2) is 5.35. The van der Waals surface area contributed by atoms with Crippen LogP contribution in [0.2, 0.25) is 0 Å². The number of benzene rings is 3. The van der Waals surface area contributed by atoms with E-state index in [4.69, 9.17) is 0 Å². The molecule has 1 N–H and O–H groups in total. The number of nitrogens with zero attached hydrogens (tertiary/aromatic N) is 1. The van der Waals surface area contributed by atoms with E-state index < -0.39 is 10.0 Å². The van der Waals surface area contributed by atoms with Gasteiger partial charge in [-0.05, 0) is 24.3 Å². The summed E-state index contributed by atoms with van der Waals surface area (Å²) in [4.78, 5) is 0.231. The molecule has 4 nitrogen and oxygen atoms in total. The minimum atomic E-state index is -3.64. The second-order valence-electron chi connectivity index (χ2n) is 4.93. The van der Waals surface area contributed by atoms with Gasteiger partial charge in [0.05, 0.1) is 10.6 Å². The Hall–Kier alpha value is -2.53. The molecule has 0 spiro atoms. The number of hydrogen-bond acceptors (Lipinski definition) is 3. The third kappa shape index (κ3) is 2.29. The fourth-order valence-corrected chi connectivity index (χ4v) is 3.66. The molecule has 0 radical (unpaired) electrons. The lowest BCUT2D eigenvalue weighted by Gasteiger charge is -2.21. The monoisotopic (exact) mass is 313 g/mol. The van der Waals surface area contributed by atoms with Crippen molar-refractivity contribution in [2.24, 2.45) is 0 Å². The third-order valence-electron chi connectivity index (χ3n) is 3.62. The first kappa shape index (κ1) is 14.4.